The molecule has 0 radical (unpaired) electrons. The third kappa shape index (κ3) is 3.61. The van der Waals surface area contributed by atoms with E-state index in [9.17, 15) is 0 Å². The summed E-state index contributed by atoms with van der Waals surface area (Å²) in [5.41, 5.74) is 3.07. The van der Waals surface area contributed by atoms with Gasteiger partial charge in [0.1, 0.15) is 12.4 Å². The van der Waals surface area contributed by atoms with Crippen LogP contribution in [-0.2, 0) is 6.61 Å². The van der Waals surface area contributed by atoms with E-state index in [1.807, 2.05) is 43.3 Å². The van der Waals surface area contributed by atoms with Gasteiger partial charge < -0.3 is 4.74 Å². The Morgan fingerprint density at radius 3 is 2.45 bits per heavy atom. The zero-order chi connectivity index (χ0) is 15.5. The molecule has 0 unspecified atom stereocenters. The van der Waals surface area contributed by atoms with Crippen LogP contribution in [0.2, 0.25) is 10.0 Å². The zero-order valence-electron chi connectivity index (χ0n) is 11.8. The van der Waals surface area contributed by atoms with Crippen molar-refractivity contribution in [2.24, 2.45) is 0 Å². The molecule has 0 saturated heterocycles. The van der Waals surface area contributed by atoms with Gasteiger partial charge in [0.05, 0.1) is 20.7 Å². The van der Waals surface area contributed by atoms with E-state index in [0.717, 1.165) is 27.6 Å². The third-order valence-corrected chi connectivity index (χ3v) is 4.67. The molecule has 2 nitrogen and oxygen atoms in total. The molecule has 0 saturated carbocycles. The van der Waals surface area contributed by atoms with Crippen molar-refractivity contribution in [3.05, 3.63) is 68.5 Å². The number of rotatable bonds is 4. The molecule has 0 aliphatic heterocycles. The fourth-order valence-corrected chi connectivity index (χ4v) is 2.96. The lowest BCUT2D eigenvalue weighted by molar-refractivity contribution is 0.306. The van der Waals surface area contributed by atoms with Crippen LogP contribution >= 0.6 is 34.5 Å². The van der Waals surface area contributed by atoms with Crippen molar-refractivity contribution in [1.82, 2.24) is 4.98 Å². The van der Waals surface area contributed by atoms with Gasteiger partial charge in [0.15, 0.2) is 0 Å². The molecule has 5 heteroatoms. The Morgan fingerprint density at radius 1 is 1.05 bits per heavy atom. The van der Waals surface area contributed by atoms with Gasteiger partial charge in [0.25, 0.3) is 0 Å². The predicted octanol–water partition coefficient (Wildman–Crippen LogP) is 6.00. The van der Waals surface area contributed by atoms with Crippen molar-refractivity contribution in [2.45, 2.75) is 13.5 Å². The molecule has 0 aliphatic carbocycles. The average molecular weight is 350 g/mol. The summed E-state index contributed by atoms with van der Waals surface area (Å²) in [6, 6.07) is 13.4. The van der Waals surface area contributed by atoms with Gasteiger partial charge >= 0.3 is 0 Å². The Balaban J connectivity index is 1.67. The molecular formula is C17H13Cl2NOS. The maximum Gasteiger partial charge on any atom is 0.119 e. The maximum absolute atomic E-state index is 5.99. The molecule has 0 N–H and O–H groups in total. The molecule has 0 fully saturated rings. The smallest absolute Gasteiger partial charge is 0.119 e. The summed E-state index contributed by atoms with van der Waals surface area (Å²) in [6.45, 7) is 2.45. The van der Waals surface area contributed by atoms with Crippen LogP contribution in [0, 0.1) is 6.92 Å². The zero-order valence-corrected chi connectivity index (χ0v) is 14.2. The average Bonchev–Trinajstić information content (AvgIpc) is 2.95. The lowest BCUT2D eigenvalue weighted by Crippen LogP contribution is -1.95. The number of thiazole rings is 1. The predicted molar refractivity (Wildman–Crippen MR) is 93.1 cm³/mol. The number of ether oxygens (including phenoxy) is 1. The van der Waals surface area contributed by atoms with Crippen LogP contribution in [0.25, 0.3) is 11.3 Å². The first-order chi connectivity index (χ1) is 10.6. The molecule has 0 amide bonds. The minimum Gasteiger partial charge on any atom is -0.489 e. The molecule has 3 aromatic rings. The van der Waals surface area contributed by atoms with E-state index in [1.165, 1.54) is 0 Å². The largest absolute Gasteiger partial charge is 0.489 e. The van der Waals surface area contributed by atoms with E-state index < -0.39 is 0 Å². The number of aromatic nitrogens is 1. The monoisotopic (exact) mass is 349 g/mol. The number of benzene rings is 2. The molecule has 0 atom stereocenters. The highest BCUT2D eigenvalue weighted by atomic mass is 35.5. The summed E-state index contributed by atoms with van der Waals surface area (Å²) in [5, 5.41) is 4.21. The normalized spacial score (nSPS) is 10.7. The van der Waals surface area contributed by atoms with E-state index >= 15 is 0 Å². The topological polar surface area (TPSA) is 22.1 Å². The number of hydrogen-bond donors (Lipinski definition) is 0. The SMILES string of the molecule is Cc1nc(-c2ccc(OCc3ccc(Cl)c(Cl)c3)cc2)cs1. The summed E-state index contributed by atoms with van der Waals surface area (Å²) < 4.78 is 5.76. The highest BCUT2D eigenvalue weighted by Gasteiger charge is 2.04. The van der Waals surface area contributed by atoms with Crippen molar-refractivity contribution >= 4 is 34.5 Å². The molecule has 22 heavy (non-hydrogen) atoms. The van der Waals surface area contributed by atoms with Gasteiger partial charge in [-0.3, -0.25) is 0 Å². The van der Waals surface area contributed by atoms with Crippen molar-refractivity contribution in [2.75, 3.05) is 0 Å². The standard InChI is InChI=1S/C17H13Cl2NOS/c1-11-20-17(10-22-11)13-3-5-14(6-4-13)21-9-12-2-7-15(18)16(19)8-12/h2-8,10H,9H2,1H3. The molecule has 1 aromatic heterocycles. The second-order valence-corrected chi connectivity index (χ2v) is 6.69. The Kier molecular flexibility index (Phi) is 4.67. The molecule has 1 heterocycles. The van der Waals surface area contributed by atoms with Gasteiger partial charge in [-0.2, -0.15) is 0 Å². The molecule has 3 rings (SSSR count). The second-order valence-electron chi connectivity index (χ2n) is 4.81. The first kappa shape index (κ1) is 15.3. The van der Waals surface area contributed by atoms with E-state index in [1.54, 1.807) is 17.4 Å². The first-order valence-electron chi connectivity index (χ1n) is 6.71. The second kappa shape index (κ2) is 6.69. The van der Waals surface area contributed by atoms with Crippen LogP contribution in [0.4, 0.5) is 0 Å². The fraction of sp³-hybridized carbons (Fsp3) is 0.118. The van der Waals surface area contributed by atoms with Gasteiger partial charge in [0, 0.05) is 10.9 Å². The Morgan fingerprint density at radius 2 is 1.82 bits per heavy atom. The number of halogens is 2. The Labute approximate surface area is 143 Å². The Bertz CT molecular complexity index is 784. The quantitative estimate of drug-likeness (QED) is 0.575. The van der Waals surface area contributed by atoms with Crippen LogP contribution in [0.15, 0.2) is 47.8 Å². The molecule has 112 valence electrons. The summed E-state index contributed by atoms with van der Waals surface area (Å²) in [4.78, 5) is 4.47. The van der Waals surface area contributed by atoms with E-state index in [0.29, 0.717) is 16.7 Å². The van der Waals surface area contributed by atoms with Crippen LogP contribution in [-0.4, -0.2) is 4.98 Å². The maximum atomic E-state index is 5.99. The lowest BCUT2D eigenvalue weighted by Gasteiger charge is -2.07. The lowest BCUT2D eigenvalue weighted by atomic mass is 10.2. The van der Waals surface area contributed by atoms with Gasteiger partial charge in [-0.05, 0) is 48.9 Å². The van der Waals surface area contributed by atoms with Gasteiger partial charge in [0.2, 0.25) is 0 Å². The van der Waals surface area contributed by atoms with E-state index in [2.05, 4.69) is 10.4 Å². The van der Waals surface area contributed by atoms with Crippen LogP contribution in [0.5, 0.6) is 5.75 Å². The van der Waals surface area contributed by atoms with E-state index in [-0.39, 0.29) is 0 Å². The van der Waals surface area contributed by atoms with Crippen LogP contribution in [0.3, 0.4) is 0 Å². The van der Waals surface area contributed by atoms with Crippen molar-refractivity contribution < 1.29 is 4.74 Å². The summed E-state index contributed by atoms with van der Waals surface area (Å²) in [5.74, 6) is 0.807. The van der Waals surface area contributed by atoms with Gasteiger partial charge in [-0.15, -0.1) is 11.3 Å². The molecule has 0 aliphatic rings. The number of nitrogens with zero attached hydrogens (tertiary/aromatic N) is 1. The van der Waals surface area contributed by atoms with E-state index in [4.69, 9.17) is 27.9 Å². The highest BCUT2D eigenvalue weighted by molar-refractivity contribution is 7.09. The highest BCUT2D eigenvalue weighted by Crippen LogP contribution is 2.25. The minimum atomic E-state index is 0.450. The first-order valence-corrected chi connectivity index (χ1v) is 8.35. The molecule has 0 spiro atoms. The number of hydrogen-bond acceptors (Lipinski definition) is 3. The third-order valence-electron chi connectivity index (χ3n) is 3.16. The minimum absolute atomic E-state index is 0.450. The molecule has 0 bridgehead atoms. The molecular weight excluding hydrogens is 337 g/mol. The fourth-order valence-electron chi connectivity index (χ4n) is 2.01. The van der Waals surface area contributed by atoms with Crippen molar-refractivity contribution in [3.63, 3.8) is 0 Å². The van der Waals surface area contributed by atoms with Gasteiger partial charge in [-0.1, -0.05) is 29.3 Å². The summed E-state index contributed by atoms with van der Waals surface area (Å²) in [7, 11) is 0. The van der Waals surface area contributed by atoms with Crippen LogP contribution in [0.1, 0.15) is 10.6 Å². The Hall–Kier alpha value is -1.55. The summed E-state index contributed by atoms with van der Waals surface area (Å²) >= 11 is 13.5. The summed E-state index contributed by atoms with van der Waals surface area (Å²) in [6.07, 6.45) is 0. The van der Waals surface area contributed by atoms with Crippen LogP contribution < -0.4 is 4.74 Å². The number of aryl methyl sites for hydroxylation is 1. The van der Waals surface area contributed by atoms with Crippen molar-refractivity contribution in [1.29, 1.82) is 0 Å². The molecule has 2 aromatic carbocycles. The van der Waals surface area contributed by atoms with Crippen molar-refractivity contribution in [3.8, 4) is 17.0 Å². The van der Waals surface area contributed by atoms with Gasteiger partial charge in [-0.25, -0.2) is 4.98 Å².